The molecule has 0 amide bonds. The van der Waals surface area contributed by atoms with Gasteiger partial charge in [-0.25, -0.2) is 4.39 Å². The summed E-state index contributed by atoms with van der Waals surface area (Å²) in [5, 5.41) is 21.4. The molecule has 1 fully saturated rings. The predicted molar refractivity (Wildman–Crippen MR) is 78.0 cm³/mol. The van der Waals surface area contributed by atoms with Crippen molar-refractivity contribution >= 4 is 0 Å². The molecule has 2 N–H and O–H groups in total. The molecule has 3 nitrogen and oxygen atoms in total. The smallest absolute Gasteiger partial charge is 0.123 e. The van der Waals surface area contributed by atoms with E-state index < -0.39 is 0 Å². The molecular weight excluding hydrogens is 267 g/mol. The highest BCUT2D eigenvalue weighted by atomic mass is 19.1. The number of nitriles is 1. The molecule has 0 unspecified atom stereocenters. The lowest BCUT2D eigenvalue weighted by Crippen LogP contribution is -2.60. The highest BCUT2D eigenvalue weighted by molar-refractivity contribution is 5.63. The number of rotatable bonds is 3. The van der Waals surface area contributed by atoms with Gasteiger partial charge in [-0.2, -0.15) is 5.26 Å². The van der Waals surface area contributed by atoms with Crippen LogP contribution in [0, 0.1) is 17.1 Å². The Kier molecular flexibility index (Phi) is 3.70. The minimum atomic E-state index is -0.262. The first-order valence-corrected chi connectivity index (χ1v) is 6.85. The summed E-state index contributed by atoms with van der Waals surface area (Å²) in [6.07, 6.45) is 0. The highest BCUT2D eigenvalue weighted by Crippen LogP contribution is 2.33. The maximum absolute atomic E-state index is 13.2. The van der Waals surface area contributed by atoms with Crippen molar-refractivity contribution in [3.05, 3.63) is 59.9 Å². The molecule has 1 saturated heterocycles. The molecule has 3 rings (SSSR count). The maximum atomic E-state index is 13.2. The Morgan fingerprint density at radius 1 is 1.14 bits per heavy atom. The lowest BCUT2D eigenvalue weighted by molar-refractivity contribution is 0.151. The van der Waals surface area contributed by atoms with Gasteiger partial charge < -0.3 is 5.11 Å². The van der Waals surface area contributed by atoms with E-state index in [1.54, 1.807) is 6.07 Å². The van der Waals surface area contributed by atoms with E-state index in [1.807, 2.05) is 30.3 Å². The van der Waals surface area contributed by atoms with E-state index >= 15 is 0 Å². The molecule has 1 heterocycles. The summed E-state index contributed by atoms with van der Waals surface area (Å²) in [5.41, 5.74) is 2.77. The highest BCUT2D eigenvalue weighted by Gasteiger charge is 2.41. The summed E-state index contributed by atoms with van der Waals surface area (Å²) in [5.74, 6) is -0.258. The Morgan fingerprint density at radius 2 is 1.90 bits per heavy atom. The standard InChI is InChI=1S/C17H15FN2O/c18-14-3-1-2-13(8-14)11-4-6-12(7-5-11)17-15(9-19)20-16(17)10-21/h1-8,15-17,20-21H,10H2/t15-,16+,17-/m0/s1. The van der Waals surface area contributed by atoms with E-state index in [-0.39, 0.29) is 30.4 Å². The van der Waals surface area contributed by atoms with Crippen LogP contribution >= 0.6 is 0 Å². The quantitative estimate of drug-likeness (QED) is 0.909. The monoisotopic (exact) mass is 282 g/mol. The Bertz CT molecular complexity index is 678. The average Bonchev–Trinajstić information content (AvgIpc) is 2.48. The van der Waals surface area contributed by atoms with E-state index in [1.165, 1.54) is 12.1 Å². The molecule has 2 aromatic rings. The molecule has 1 aliphatic heterocycles. The van der Waals surface area contributed by atoms with Crippen molar-refractivity contribution in [2.24, 2.45) is 0 Å². The zero-order valence-corrected chi connectivity index (χ0v) is 11.3. The van der Waals surface area contributed by atoms with Crippen LogP contribution in [0.5, 0.6) is 0 Å². The minimum absolute atomic E-state index is 0.00144. The van der Waals surface area contributed by atoms with Gasteiger partial charge in [-0.15, -0.1) is 0 Å². The average molecular weight is 282 g/mol. The molecule has 2 aromatic carbocycles. The van der Waals surface area contributed by atoms with Crippen LogP contribution < -0.4 is 5.32 Å². The summed E-state index contributed by atoms with van der Waals surface area (Å²) in [6.45, 7) is 0.00843. The topological polar surface area (TPSA) is 56.0 Å². The Hall–Kier alpha value is -2.22. The number of hydrogen-bond acceptors (Lipinski definition) is 3. The molecule has 0 spiro atoms. The van der Waals surface area contributed by atoms with E-state index in [4.69, 9.17) is 5.26 Å². The first-order valence-electron chi connectivity index (χ1n) is 6.85. The second-order valence-corrected chi connectivity index (χ2v) is 5.22. The van der Waals surface area contributed by atoms with Crippen molar-refractivity contribution in [2.75, 3.05) is 6.61 Å². The number of aliphatic hydroxyl groups excluding tert-OH is 1. The number of halogens is 1. The second-order valence-electron chi connectivity index (χ2n) is 5.22. The maximum Gasteiger partial charge on any atom is 0.123 e. The van der Waals surface area contributed by atoms with Gasteiger partial charge in [-0.05, 0) is 28.8 Å². The van der Waals surface area contributed by atoms with Gasteiger partial charge in [0.2, 0.25) is 0 Å². The fourth-order valence-electron chi connectivity index (χ4n) is 2.83. The summed E-state index contributed by atoms with van der Waals surface area (Å²) in [4.78, 5) is 0. The zero-order valence-electron chi connectivity index (χ0n) is 11.3. The van der Waals surface area contributed by atoms with Crippen LogP contribution in [0.15, 0.2) is 48.5 Å². The fourth-order valence-corrected chi connectivity index (χ4v) is 2.83. The molecule has 4 heteroatoms. The lowest BCUT2D eigenvalue weighted by atomic mass is 9.78. The molecule has 106 valence electrons. The SMILES string of the molecule is N#C[C@@H]1N[C@H](CO)[C@H]1c1ccc(-c2cccc(F)c2)cc1. The van der Waals surface area contributed by atoms with Crippen molar-refractivity contribution in [1.82, 2.24) is 5.32 Å². The summed E-state index contributed by atoms with van der Waals surface area (Å²) in [6, 6.07) is 16.0. The van der Waals surface area contributed by atoms with Gasteiger partial charge in [0.05, 0.1) is 12.7 Å². The van der Waals surface area contributed by atoms with Gasteiger partial charge in [0.25, 0.3) is 0 Å². The van der Waals surface area contributed by atoms with Crippen LogP contribution in [-0.4, -0.2) is 23.8 Å². The Morgan fingerprint density at radius 3 is 2.52 bits per heavy atom. The molecule has 0 saturated carbocycles. The summed E-state index contributed by atoms with van der Waals surface area (Å²) in [7, 11) is 0. The number of aliphatic hydroxyl groups is 1. The molecule has 1 aliphatic rings. The van der Waals surface area contributed by atoms with E-state index in [9.17, 15) is 9.50 Å². The third-order valence-corrected chi connectivity index (χ3v) is 3.98. The van der Waals surface area contributed by atoms with Crippen LogP contribution in [0.25, 0.3) is 11.1 Å². The third kappa shape index (κ3) is 2.54. The van der Waals surface area contributed by atoms with Gasteiger partial charge >= 0.3 is 0 Å². The predicted octanol–water partition coefficient (Wildman–Crippen LogP) is 2.43. The van der Waals surface area contributed by atoms with E-state index in [2.05, 4.69) is 11.4 Å². The zero-order chi connectivity index (χ0) is 14.8. The van der Waals surface area contributed by atoms with Gasteiger partial charge in [0, 0.05) is 12.0 Å². The van der Waals surface area contributed by atoms with E-state index in [0.717, 1.165) is 16.7 Å². The first-order chi connectivity index (χ1) is 10.2. The summed E-state index contributed by atoms with van der Waals surface area (Å²) >= 11 is 0. The van der Waals surface area contributed by atoms with Crippen molar-refractivity contribution < 1.29 is 9.50 Å². The van der Waals surface area contributed by atoms with Crippen LogP contribution in [-0.2, 0) is 0 Å². The second kappa shape index (κ2) is 5.65. The number of benzene rings is 2. The van der Waals surface area contributed by atoms with Crippen LogP contribution in [0.3, 0.4) is 0 Å². The van der Waals surface area contributed by atoms with Gasteiger partial charge in [-0.1, -0.05) is 36.4 Å². The number of nitrogens with zero attached hydrogens (tertiary/aromatic N) is 1. The van der Waals surface area contributed by atoms with Crippen LogP contribution in [0.2, 0.25) is 0 Å². The first kappa shape index (κ1) is 13.7. The molecule has 0 bridgehead atoms. The van der Waals surface area contributed by atoms with Crippen LogP contribution in [0.4, 0.5) is 4.39 Å². The van der Waals surface area contributed by atoms with E-state index in [0.29, 0.717) is 0 Å². The van der Waals surface area contributed by atoms with Crippen molar-refractivity contribution in [3.8, 4) is 17.2 Å². The molecular formula is C17H15FN2O. The molecule has 0 radical (unpaired) electrons. The molecule has 21 heavy (non-hydrogen) atoms. The Labute approximate surface area is 122 Å². The van der Waals surface area contributed by atoms with Crippen LogP contribution in [0.1, 0.15) is 11.5 Å². The third-order valence-electron chi connectivity index (χ3n) is 3.98. The number of nitrogens with one attached hydrogen (secondary N) is 1. The Balaban J connectivity index is 1.86. The van der Waals surface area contributed by atoms with Gasteiger partial charge in [-0.3, -0.25) is 5.32 Å². The number of hydrogen-bond donors (Lipinski definition) is 2. The minimum Gasteiger partial charge on any atom is -0.395 e. The fraction of sp³-hybridized carbons (Fsp3) is 0.235. The lowest BCUT2D eigenvalue weighted by Gasteiger charge is -2.41. The van der Waals surface area contributed by atoms with Crippen molar-refractivity contribution in [1.29, 1.82) is 5.26 Å². The molecule has 0 aliphatic carbocycles. The summed E-state index contributed by atoms with van der Waals surface area (Å²) < 4.78 is 13.2. The van der Waals surface area contributed by atoms with Crippen molar-refractivity contribution in [2.45, 2.75) is 18.0 Å². The molecule has 0 aromatic heterocycles. The van der Waals surface area contributed by atoms with Crippen molar-refractivity contribution in [3.63, 3.8) is 0 Å². The van der Waals surface area contributed by atoms with Gasteiger partial charge in [0.15, 0.2) is 0 Å². The normalized spacial score (nSPS) is 24.1. The van der Waals surface area contributed by atoms with Gasteiger partial charge in [0.1, 0.15) is 11.9 Å². The largest absolute Gasteiger partial charge is 0.395 e. The molecule has 3 atom stereocenters.